The van der Waals surface area contributed by atoms with Crippen molar-refractivity contribution in [2.24, 2.45) is 0 Å². The third-order valence-corrected chi connectivity index (χ3v) is 5.29. The Kier molecular flexibility index (Phi) is 6.54. The molecule has 2 aromatic heterocycles. The first kappa shape index (κ1) is 23.6. The average molecular weight is 479 g/mol. The van der Waals surface area contributed by atoms with Gasteiger partial charge in [-0.15, -0.1) is 0 Å². The maximum atomic E-state index is 14.0. The van der Waals surface area contributed by atoms with Crippen molar-refractivity contribution >= 4 is 28.3 Å². The number of fused-ring (bicyclic) bond motifs is 1. The molecule has 8 nitrogen and oxygen atoms in total. The number of carbonyl (C=O) groups is 2. The van der Waals surface area contributed by atoms with Crippen molar-refractivity contribution in [2.75, 3.05) is 19.5 Å². The number of ether oxygens (including phenoxy) is 2. The van der Waals surface area contributed by atoms with Crippen molar-refractivity contribution in [1.82, 2.24) is 9.55 Å². The van der Waals surface area contributed by atoms with Crippen LogP contribution in [0.4, 0.5) is 14.5 Å². The summed E-state index contributed by atoms with van der Waals surface area (Å²) in [5.74, 6) is -2.40. The van der Waals surface area contributed by atoms with Gasteiger partial charge in [0.05, 0.1) is 36.4 Å². The number of carbonyl (C=O) groups excluding carboxylic acids is 2. The number of amides is 1. The lowest BCUT2D eigenvalue weighted by atomic mass is 10.0. The zero-order valence-corrected chi connectivity index (χ0v) is 18.7. The second-order valence-electron chi connectivity index (χ2n) is 7.46. The van der Waals surface area contributed by atoms with Crippen LogP contribution in [0.1, 0.15) is 15.9 Å². The highest BCUT2D eigenvalue weighted by molar-refractivity contribution is 6.10. The van der Waals surface area contributed by atoms with Gasteiger partial charge in [-0.1, -0.05) is 0 Å². The highest BCUT2D eigenvalue weighted by Gasteiger charge is 2.20. The van der Waals surface area contributed by atoms with Gasteiger partial charge >= 0.3 is 0 Å². The largest absolute Gasteiger partial charge is 0.493 e. The van der Waals surface area contributed by atoms with Crippen molar-refractivity contribution in [2.45, 2.75) is 6.54 Å². The maximum Gasteiger partial charge on any atom is 0.244 e. The van der Waals surface area contributed by atoms with Crippen LogP contribution in [0.3, 0.4) is 0 Å². The maximum absolute atomic E-state index is 14.0. The Balaban J connectivity index is 1.83. The number of ketones is 1. The first-order valence-corrected chi connectivity index (χ1v) is 10.3. The summed E-state index contributed by atoms with van der Waals surface area (Å²) in [4.78, 5) is 43.0. The van der Waals surface area contributed by atoms with Gasteiger partial charge in [0.15, 0.2) is 17.3 Å². The molecule has 0 atom stereocenters. The highest BCUT2D eigenvalue weighted by atomic mass is 19.1. The van der Waals surface area contributed by atoms with E-state index in [-0.39, 0.29) is 40.0 Å². The average Bonchev–Trinajstić information content (AvgIpc) is 2.86. The molecule has 1 N–H and O–H groups in total. The van der Waals surface area contributed by atoms with E-state index < -0.39 is 28.8 Å². The second-order valence-corrected chi connectivity index (χ2v) is 7.46. The van der Waals surface area contributed by atoms with Crippen LogP contribution in [0.25, 0.3) is 10.9 Å². The van der Waals surface area contributed by atoms with Gasteiger partial charge in [0.25, 0.3) is 0 Å². The van der Waals surface area contributed by atoms with Crippen molar-refractivity contribution < 1.29 is 27.8 Å². The Hall–Kier alpha value is -4.60. The summed E-state index contributed by atoms with van der Waals surface area (Å²) in [5, 5.41) is 2.48. The van der Waals surface area contributed by atoms with Crippen LogP contribution in [0.5, 0.6) is 11.5 Å². The molecule has 35 heavy (non-hydrogen) atoms. The Morgan fingerprint density at radius 2 is 1.69 bits per heavy atom. The molecule has 0 saturated heterocycles. The lowest BCUT2D eigenvalue weighted by Crippen LogP contribution is -2.24. The van der Waals surface area contributed by atoms with Gasteiger partial charge in [-0.2, -0.15) is 0 Å². The molecule has 0 fully saturated rings. The summed E-state index contributed by atoms with van der Waals surface area (Å²) in [6.07, 6.45) is 4.11. The number of anilines is 1. The first-order chi connectivity index (χ1) is 16.8. The molecule has 10 heteroatoms. The van der Waals surface area contributed by atoms with E-state index >= 15 is 0 Å². The summed E-state index contributed by atoms with van der Waals surface area (Å²) < 4.78 is 39.2. The fourth-order valence-corrected chi connectivity index (χ4v) is 3.60. The fraction of sp³-hybridized carbons (Fsp3) is 0.120. The predicted octanol–water partition coefficient (Wildman–Crippen LogP) is 3.56. The minimum atomic E-state index is -0.942. The molecule has 2 heterocycles. The number of hydrogen-bond donors (Lipinski definition) is 1. The highest BCUT2D eigenvalue weighted by Crippen LogP contribution is 2.31. The van der Waals surface area contributed by atoms with E-state index in [1.165, 1.54) is 61.6 Å². The molecule has 0 saturated carbocycles. The van der Waals surface area contributed by atoms with E-state index in [0.717, 1.165) is 12.1 Å². The van der Waals surface area contributed by atoms with Crippen LogP contribution in [-0.2, 0) is 11.3 Å². The molecule has 0 spiro atoms. The lowest BCUT2D eigenvalue weighted by Gasteiger charge is -2.16. The molecule has 0 aliphatic rings. The van der Waals surface area contributed by atoms with E-state index in [0.29, 0.717) is 11.8 Å². The minimum absolute atomic E-state index is 0.114. The zero-order chi connectivity index (χ0) is 25.1. The number of nitrogens with one attached hydrogen (secondary N) is 1. The molecule has 0 bridgehead atoms. The quantitative estimate of drug-likeness (QED) is 0.407. The van der Waals surface area contributed by atoms with Crippen molar-refractivity contribution in [3.63, 3.8) is 0 Å². The molecule has 0 aliphatic heterocycles. The van der Waals surface area contributed by atoms with Gasteiger partial charge in [-0.25, -0.2) is 8.78 Å². The van der Waals surface area contributed by atoms with E-state index in [4.69, 9.17) is 9.47 Å². The van der Waals surface area contributed by atoms with Crippen molar-refractivity contribution in [3.05, 3.63) is 94.0 Å². The van der Waals surface area contributed by atoms with Gasteiger partial charge in [0.1, 0.15) is 18.2 Å². The van der Waals surface area contributed by atoms with Gasteiger partial charge in [-0.3, -0.25) is 19.4 Å². The third kappa shape index (κ3) is 4.72. The summed E-state index contributed by atoms with van der Waals surface area (Å²) in [6, 6.07) is 8.61. The van der Waals surface area contributed by atoms with E-state index in [9.17, 15) is 23.2 Å². The number of aromatic nitrogens is 2. The molecule has 2 aromatic carbocycles. The van der Waals surface area contributed by atoms with Crippen molar-refractivity contribution in [3.8, 4) is 11.5 Å². The van der Waals surface area contributed by atoms with Gasteiger partial charge in [-0.05, 0) is 30.3 Å². The molecule has 4 rings (SSSR count). The molecule has 0 aliphatic carbocycles. The molecule has 0 radical (unpaired) electrons. The number of benzene rings is 2. The van der Waals surface area contributed by atoms with E-state index in [1.54, 1.807) is 0 Å². The number of nitrogens with zero attached hydrogens (tertiary/aromatic N) is 2. The molecule has 1 amide bonds. The number of methoxy groups -OCH3 is 2. The van der Waals surface area contributed by atoms with Crippen LogP contribution < -0.4 is 20.2 Å². The standard InChI is InChI=1S/C25H19F2N3O5/c1-34-21-10-16-20(11-22(21)35-2)30(13-23(31)29-19-4-3-15(26)9-18(19)27)12-17(25(16)33)24(32)14-5-7-28-8-6-14/h3-12H,13H2,1-2H3,(H,29,31). The van der Waals surface area contributed by atoms with Gasteiger partial charge in [0.2, 0.25) is 11.3 Å². The van der Waals surface area contributed by atoms with Crippen LogP contribution in [0.2, 0.25) is 0 Å². The zero-order valence-electron chi connectivity index (χ0n) is 18.7. The Morgan fingerprint density at radius 1 is 1.00 bits per heavy atom. The molecular weight excluding hydrogens is 460 g/mol. The number of hydrogen-bond acceptors (Lipinski definition) is 6. The smallest absolute Gasteiger partial charge is 0.244 e. The van der Waals surface area contributed by atoms with E-state index in [1.807, 2.05) is 0 Å². The van der Waals surface area contributed by atoms with E-state index in [2.05, 4.69) is 10.3 Å². The second kappa shape index (κ2) is 9.72. The third-order valence-electron chi connectivity index (χ3n) is 5.29. The van der Waals surface area contributed by atoms with Crippen LogP contribution in [0.15, 0.2) is 65.8 Å². The van der Waals surface area contributed by atoms with Gasteiger partial charge in [0, 0.05) is 36.3 Å². The predicted molar refractivity (Wildman–Crippen MR) is 124 cm³/mol. The summed E-state index contributed by atoms with van der Waals surface area (Å²) in [6.45, 7) is -0.389. The summed E-state index contributed by atoms with van der Waals surface area (Å²) in [7, 11) is 2.82. The SMILES string of the molecule is COc1cc2c(=O)c(C(=O)c3ccncc3)cn(CC(=O)Nc3ccc(F)cc3F)c2cc1OC. The van der Waals surface area contributed by atoms with Gasteiger partial charge < -0.3 is 19.4 Å². The number of rotatable bonds is 7. The minimum Gasteiger partial charge on any atom is -0.493 e. The summed E-state index contributed by atoms with van der Waals surface area (Å²) in [5.41, 5.74) is -0.440. The monoisotopic (exact) mass is 479 g/mol. The molecule has 4 aromatic rings. The Bertz CT molecular complexity index is 1500. The fourth-order valence-electron chi connectivity index (χ4n) is 3.60. The topological polar surface area (TPSA) is 99.5 Å². The number of pyridine rings is 2. The molecule has 0 unspecified atom stereocenters. The van der Waals surface area contributed by atoms with Crippen LogP contribution >= 0.6 is 0 Å². The Labute approximate surface area is 197 Å². The molecular formula is C25H19F2N3O5. The van der Waals surface area contributed by atoms with Crippen LogP contribution in [-0.4, -0.2) is 35.5 Å². The van der Waals surface area contributed by atoms with Crippen LogP contribution in [0, 0.1) is 11.6 Å². The Morgan fingerprint density at radius 3 is 2.34 bits per heavy atom. The first-order valence-electron chi connectivity index (χ1n) is 10.3. The lowest BCUT2D eigenvalue weighted by molar-refractivity contribution is -0.116. The number of halogens is 2. The molecule has 178 valence electrons. The summed E-state index contributed by atoms with van der Waals surface area (Å²) >= 11 is 0. The van der Waals surface area contributed by atoms with Crippen molar-refractivity contribution in [1.29, 1.82) is 0 Å². The normalized spacial score (nSPS) is 10.7.